The van der Waals surface area contributed by atoms with Crippen LogP contribution in [0.4, 0.5) is 0 Å². The first-order chi connectivity index (χ1) is 5.65. The van der Waals surface area contributed by atoms with Crippen LogP contribution in [0.15, 0.2) is 12.1 Å². The van der Waals surface area contributed by atoms with E-state index in [1.807, 2.05) is 26.0 Å². The molecule has 1 aromatic heterocycles. The van der Waals surface area contributed by atoms with E-state index >= 15 is 0 Å². The second-order valence-electron chi connectivity index (χ2n) is 2.83. The van der Waals surface area contributed by atoms with Gasteiger partial charge in [-0.2, -0.15) is 0 Å². The number of pyridine rings is 1. The van der Waals surface area contributed by atoms with Crippen LogP contribution in [0.3, 0.4) is 0 Å². The smallest absolute Gasteiger partial charge is 0.141 e. The average molecular weight is 166 g/mol. The van der Waals surface area contributed by atoms with Crippen molar-refractivity contribution in [3.8, 4) is 5.75 Å². The minimum atomic E-state index is -0.0835. The molecule has 0 bridgehead atoms. The summed E-state index contributed by atoms with van der Waals surface area (Å²) in [5.41, 5.74) is 7.49. The van der Waals surface area contributed by atoms with Crippen LogP contribution in [0.25, 0.3) is 0 Å². The molecule has 0 fully saturated rings. The molecule has 3 nitrogen and oxygen atoms in total. The lowest BCUT2D eigenvalue weighted by Crippen LogP contribution is -2.09. The molecule has 12 heavy (non-hydrogen) atoms. The number of methoxy groups -OCH3 is 1. The third-order valence-corrected chi connectivity index (χ3v) is 1.68. The first-order valence-electron chi connectivity index (χ1n) is 3.92. The van der Waals surface area contributed by atoms with E-state index in [1.54, 1.807) is 7.11 Å². The van der Waals surface area contributed by atoms with Crippen molar-refractivity contribution in [3.63, 3.8) is 0 Å². The van der Waals surface area contributed by atoms with Crippen LogP contribution in [-0.2, 0) is 0 Å². The van der Waals surface area contributed by atoms with Gasteiger partial charge in [0, 0.05) is 11.7 Å². The van der Waals surface area contributed by atoms with Crippen molar-refractivity contribution in [3.05, 3.63) is 23.5 Å². The van der Waals surface area contributed by atoms with Crippen molar-refractivity contribution in [2.24, 2.45) is 5.73 Å². The summed E-state index contributed by atoms with van der Waals surface area (Å²) in [6.07, 6.45) is 0. The van der Waals surface area contributed by atoms with Crippen molar-refractivity contribution in [2.75, 3.05) is 7.11 Å². The molecule has 0 saturated carbocycles. The van der Waals surface area contributed by atoms with Gasteiger partial charge in [0.2, 0.25) is 0 Å². The highest BCUT2D eigenvalue weighted by Crippen LogP contribution is 2.20. The zero-order valence-electron chi connectivity index (χ0n) is 7.66. The molecule has 0 unspecified atom stereocenters. The topological polar surface area (TPSA) is 48.1 Å². The standard InChI is InChI=1S/C9H14N2O/c1-6-4-5-8(12-3)9(11-6)7(2)10/h4-5,7H,10H2,1-3H3/t7-/m1/s1. The Labute approximate surface area is 72.6 Å². The maximum absolute atomic E-state index is 5.72. The van der Waals surface area contributed by atoms with Gasteiger partial charge in [-0.15, -0.1) is 0 Å². The number of nitrogens with two attached hydrogens (primary N) is 1. The molecular weight excluding hydrogens is 152 g/mol. The van der Waals surface area contributed by atoms with Crippen molar-refractivity contribution in [1.29, 1.82) is 0 Å². The van der Waals surface area contributed by atoms with Crippen molar-refractivity contribution in [1.82, 2.24) is 4.98 Å². The molecular formula is C9H14N2O. The first kappa shape index (κ1) is 9.00. The summed E-state index contributed by atoms with van der Waals surface area (Å²) in [6, 6.07) is 3.71. The minimum absolute atomic E-state index is 0.0835. The van der Waals surface area contributed by atoms with Gasteiger partial charge in [0.1, 0.15) is 5.75 Å². The molecule has 0 aliphatic rings. The maximum atomic E-state index is 5.72. The molecule has 0 aliphatic carbocycles. The van der Waals surface area contributed by atoms with E-state index in [0.717, 1.165) is 17.1 Å². The van der Waals surface area contributed by atoms with E-state index in [0.29, 0.717) is 0 Å². The zero-order chi connectivity index (χ0) is 9.14. The summed E-state index contributed by atoms with van der Waals surface area (Å²) in [4.78, 5) is 4.29. The molecule has 2 N–H and O–H groups in total. The Morgan fingerprint density at radius 2 is 2.17 bits per heavy atom. The molecule has 1 aromatic rings. The fourth-order valence-corrected chi connectivity index (χ4v) is 1.06. The summed E-state index contributed by atoms with van der Waals surface area (Å²) in [6.45, 7) is 3.83. The van der Waals surface area contributed by atoms with Gasteiger partial charge >= 0.3 is 0 Å². The summed E-state index contributed by atoms with van der Waals surface area (Å²) < 4.78 is 5.12. The molecule has 0 aromatic carbocycles. The summed E-state index contributed by atoms with van der Waals surface area (Å²) in [5.74, 6) is 0.760. The van der Waals surface area contributed by atoms with Crippen molar-refractivity contribution >= 4 is 0 Å². The van der Waals surface area contributed by atoms with E-state index in [-0.39, 0.29) is 6.04 Å². The second kappa shape index (κ2) is 3.54. The highest BCUT2D eigenvalue weighted by Gasteiger charge is 2.08. The van der Waals surface area contributed by atoms with Gasteiger partial charge in [-0.1, -0.05) is 0 Å². The van der Waals surface area contributed by atoms with Gasteiger partial charge in [-0.05, 0) is 26.0 Å². The van der Waals surface area contributed by atoms with Gasteiger partial charge in [0.15, 0.2) is 0 Å². The highest BCUT2D eigenvalue weighted by molar-refractivity contribution is 5.30. The number of hydrogen-bond donors (Lipinski definition) is 1. The molecule has 0 aliphatic heterocycles. The summed E-state index contributed by atoms with van der Waals surface area (Å²) in [7, 11) is 1.62. The van der Waals surface area contributed by atoms with Crippen LogP contribution in [0.5, 0.6) is 5.75 Å². The first-order valence-corrected chi connectivity index (χ1v) is 3.92. The molecule has 0 saturated heterocycles. The monoisotopic (exact) mass is 166 g/mol. The molecule has 0 amide bonds. The molecule has 3 heteroatoms. The lowest BCUT2D eigenvalue weighted by Gasteiger charge is -2.10. The molecule has 0 radical (unpaired) electrons. The molecule has 1 heterocycles. The third-order valence-electron chi connectivity index (χ3n) is 1.68. The fourth-order valence-electron chi connectivity index (χ4n) is 1.06. The Hall–Kier alpha value is -1.09. The predicted octanol–water partition coefficient (Wildman–Crippen LogP) is 1.42. The number of rotatable bonds is 2. The fraction of sp³-hybridized carbons (Fsp3) is 0.444. The zero-order valence-corrected chi connectivity index (χ0v) is 7.66. The van der Waals surface area contributed by atoms with Crippen LogP contribution in [0.1, 0.15) is 24.4 Å². The third kappa shape index (κ3) is 1.74. The van der Waals surface area contributed by atoms with E-state index in [2.05, 4.69) is 4.98 Å². The molecule has 0 spiro atoms. The van der Waals surface area contributed by atoms with E-state index in [4.69, 9.17) is 10.5 Å². The number of nitrogens with zero attached hydrogens (tertiary/aromatic N) is 1. The number of aromatic nitrogens is 1. The Balaban J connectivity index is 3.12. The highest BCUT2D eigenvalue weighted by atomic mass is 16.5. The summed E-state index contributed by atoms with van der Waals surface area (Å²) >= 11 is 0. The SMILES string of the molecule is COc1ccc(C)nc1[C@@H](C)N. The Morgan fingerprint density at radius 1 is 1.50 bits per heavy atom. The van der Waals surface area contributed by atoms with E-state index in [1.165, 1.54) is 0 Å². The quantitative estimate of drug-likeness (QED) is 0.722. The lowest BCUT2D eigenvalue weighted by atomic mass is 10.2. The molecule has 1 rings (SSSR count). The number of ether oxygens (including phenoxy) is 1. The number of aryl methyl sites for hydroxylation is 1. The van der Waals surface area contributed by atoms with Gasteiger partial charge in [-0.25, -0.2) is 0 Å². The van der Waals surface area contributed by atoms with Crippen LogP contribution in [-0.4, -0.2) is 12.1 Å². The van der Waals surface area contributed by atoms with E-state index < -0.39 is 0 Å². The normalized spacial score (nSPS) is 12.7. The Kier molecular flexibility index (Phi) is 2.65. The van der Waals surface area contributed by atoms with Crippen LogP contribution < -0.4 is 10.5 Å². The van der Waals surface area contributed by atoms with Crippen LogP contribution in [0, 0.1) is 6.92 Å². The average Bonchev–Trinajstić information content (AvgIpc) is 2.04. The van der Waals surface area contributed by atoms with Crippen LogP contribution in [0.2, 0.25) is 0 Å². The van der Waals surface area contributed by atoms with Gasteiger partial charge < -0.3 is 10.5 Å². The van der Waals surface area contributed by atoms with Crippen LogP contribution >= 0.6 is 0 Å². The van der Waals surface area contributed by atoms with Gasteiger partial charge in [-0.3, -0.25) is 4.98 Å². The van der Waals surface area contributed by atoms with Gasteiger partial charge in [0.25, 0.3) is 0 Å². The van der Waals surface area contributed by atoms with Crippen molar-refractivity contribution in [2.45, 2.75) is 19.9 Å². The molecule has 66 valence electrons. The largest absolute Gasteiger partial charge is 0.495 e. The lowest BCUT2D eigenvalue weighted by molar-refractivity contribution is 0.403. The van der Waals surface area contributed by atoms with Gasteiger partial charge in [0.05, 0.1) is 12.8 Å². The minimum Gasteiger partial charge on any atom is -0.495 e. The second-order valence-corrected chi connectivity index (χ2v) is 2.83. The Bertz CT molecular complexity index is 271. The maximum Gasteiger partial charge on any atom is 0.141 e. The molecule has 1 atom stereocenters. The predicted molar refractivity (Wildman–Crippen MR) is 48.1 cm³/mol. The van der Waals surface area contributed by atoms with E-state index in [9.17, 15) is 0 Å². The van der Waals surface area contributed by atoms with Crippen molar-refractivity contribution < 1.29 is 4.74 Å². The number of hydrogen-bond acceptors (Lipinski definition) is 3. The Morgan fingerprint density at radius 3 is 2.67 bits per heavy atom. The summed E-state index contributed by atoms with van der Waals surface area (Å²) in [5, 5.41) is 0.